The van der Waals surface area contributed by atoms with Crippen LogP contribution in [0.2, 0.25) is 0 Å². The van der Waals surface area contributed by atoms with Crippen LogP contribution in [0, 0.1) is 0 Å². The molecule has 102 valence electrons. The summed E-state index contributed by atoms with van der Waals surface area (Å²) in [6.07, 6.45) is 0. The van der Waals surface area contributed by atoms with Gasteiger partial charge in [-0.3, -0.25) is 0 Å². The van der Waals surface area contributed by atoms with Gasteiger partial charge in [0.15, 0.2) is 0 Å². The SMILES string of the molecule is CN(C)c1ccc2cc3cc(N(C)C)ccc3cc2c1. The highest BCUT2D eigenvalue weighted by molar-refractivity contribution is 6.00. The van der Waals surface area contributed by atoms with Gasteiger partial charge in [-0.1, -0.05) is 12.1 Å². The molecule has 0 bridgehead atoms. The average molecular weight is 264 g/mol. The highest BCUT2D eigenvalue weighted by Crippen LogP contribution is 2.28. The molecule has 0 amide bonds. The van der Waals surface area contributed by atoms with Crippen molar-refractivity contribution in [2.24, 2.45) is 0 Å². The molecule has 0 atom stereocenters. The first-order valence-corrected chi connectivity index (χ1v) is 6.87. The number of hydrogen-bond donors (Lipinski definition) is 0. The van der Waals surface area contributed by atoms with Crippen LogP contribution >= 0.6 is 0 Å². The number of fused-ring (bicyclic) bond motifs is 2. The van der Waals surface area contributed by atoms with Gasteiger partial charge in [-0.05, 0) is 57.9 Å². The first-order valence-electron chi connectivity index (χ1n) is 6.87. The first-order chi connectivity index (χ1) is 9.54. The standard InChI is InChI=1S/C18H20N2/c1-19(2)17-7-5-13-10-16-12-18(20(3)4)8-6-14(16)9-15(13)11-17/h5-12H,1-4H3. The second kappa shape index (κ2) is 4.71. The van der Waals surface area contributed by atoms with E-state index >= 15 is 0 Å². The van der Waals surface area contributed by atoms with Crippen LogP contribution in [0.25, 0.3) is 21.5 Å². The van der Waals surface area contributed by atoms with Crippen LogP contribution in [0.5, 0.6) is 0 Å². The van der Waals surface area contributed by atoms with E-state index in [9.17, 15) is 0 Å². The molecule has 0 aliphatic carbocycles. The van der Waals surface area contributed by atoms with Crippen LogP contribution in [0.1, 0.15) is 0 Å². The Kier molecular flexibility index (Phi) is 3.01. The normalized spacial score (nSPS) is 11.0. The van der Waals surface area contributed by atoms with Crippen molar-refractivity contribution in [1.82, 2.24) is 0 Å². The molecule has 3 aromatic rings. The fraction of sp³-hybridized carbons (Fsp3) is 0.222. The quantitative estimate of drug-likeness (QED) is 0.642. The minimum atomic E-state index is 1.24. The molecule has 2 heteroatoms. The van der Waals surface area contributed by atoms with Gasteiger partial charge in [0.2, 0.25) is 0 Å². The van der Waals surface area contributed by atoms with E-state index in [1.54, 1.807) is 0 Å². The summed E-state index contributed by atoms with van der Waals surface area (Å²) in [6, 6.07) is 17.8. The lowest BCUT2D eigenvalue weighted by atomic mass is 10.0. The average Bonchev–Trinajstić information content (AvgIpc) is 2.43. The molecule has 0 heterocycles. The van der Waals surface area contributed by atoms with E-state index in [1.165, 1.54) is 32.9 Å². The Hall–Kier alpha value is -2.22. The molecule has 0 radical (unpaired) electrons. The van der Waals surface area contributed by atoms with E-state index in [-0.39, 0.29) is 0 Å². The third-order valence-corrected chi connectivity index (χ3v) is 3.80. The van der Waals surface area contributed by atoms with E-state index < -0.39 is 0 Å². The van der Waals surface area contributed by atoms with Crippen molar-refractivity contribution >= 4 is 32.9 Å². The van der Waals surface area contributed by atoms with Gasteiger partial charge in [-0.25, -0.2) is 0 Å². The molecule has 0 aliphatic rings. The van der Waals surface area contributed by atoms with E-state index in [0.717, 1.165) is 0 Å². The molecule has 0 unspecified atom stereocenters. The number of hydrogen-bond acceptors (Lipinski definition) is 2. The third-order valence-electron chi connectivity index (χ3n) is 3.80. The smallest absolute Gasteiger partial charge is 0.0367 e. The second-order valence-electron chi connectivity index (χ2n) is 5.70. The van der Waals surface area contributed by atoms with Crippen LogP contribution in [0.15, 0.2) is 48.5 Å². The minimum Gasteiger partial charge on any atom is -0.378 e. The molecule has 2 nitrogen and oxygen atoms in total. The highest BCUT2D eigenvalue weighted by Gasteiger charge is 2.03. The Morgan fingerprint density at radius 1 is 0.500 bits per heavy atom. The number of nitrogens with zero attached hydrogens (tertiary/aromatic N) is 2. The van der Waals surface area contributed by atoms with Crippen LogP contribution in [0.3, 0.4) is 0 Å². The molecule has 0 spiro atoms. The van der Waals surface area contributed by atoms with Gasteiger partial charge in [0.25, 0.3) is 0 Å². The van der Waals surface area contributed by atoms with Gasteiger partial charge in [0, 0.05) is 39.6 Å². The zero-order chi connectivity index (χ0) is 14.3. The van der Waals surface area contributed by atoms with E-state index in [0.29, 0.717) is 0 Å². The van der Waals surface area contributed by atoms with Gasteiger partial charge in [0.1, 0.15) is 0 Å². The van der Waals surface area contributed by atoms with E-state index in [2.05, 4.69) is 86.5 Å². The molecule has 0 saturated heterocycles. The summed E-state index contributed by atoms with van der Waals surface area (Å²) in [4.78, 5) is 4.28. The number of rotatable bonds is 2. The van der Waals surface area contributed by atoms with Crippen molar-refractivity contribution in [1.29, 1.82) is 0 Å². The molecule has 3 aromatic carbocycles. The molecule has 0 fully saturated rings. The molecule has 3 rings (SSSR count). The molecule has 0 aliphatic heterocycles. The maximum absolute atomic E-state index is 2.27. The summed E-state index contributed by atoms with van der Waals surface area (Å²) in [5.41, 5.74) is 2.48. The fourth-order valence-corrected chi connectivity index (χ4v) is 2.53. The van der Waals surface area contributed by atoms with Crippen molar-refractivity contribution in [2.45, 2.75) is 0 Å². The second-order valence-corrected chi connectivity index (χ2v) is 5.70. The fourth-order valence-electron chi connectivity index (χ4n) is 2.53. The lowest BCUT2D eigenvalue weighted by Crippen LogP contribution is -2.08. The maximum atomic E-state index is 2.27. The van der Waals surface area contributed by atoms with Gasteiger partial charge >= 0.3 is 0 Å². The predicted molar refractivity (Wildman–Crippen MR) is 90.1 cm³/mol. The molecule has 0 aromatic heterocycles. The maximum Gasteiger partial charge on any atom is 0.0367 e. The predicted octanol–water partition coefficient (Wildman–Crippen LogP) is 4.13. The van der Waals surface area contributed by atoms with Crippen molar-refractivity contribution in [3.05, 3.63) is 48.5 Å². The summed E-state index contributed by atoms with van der Waals surface area (Å²) in [5, 5.41) is 5.17. The van der Waals surface area contributed by atoms with Gasteiger partial charge in [-0.15, -0.1) is 0 Å². The van der Waals surface area contributed by atoms with Gasteiger partial charge in [-0.2, -0.15) is 0 Å². The van der Waals surface area contributed by atoms with Crippen molar-refractivity contribution < 1.29 is 0 Å². The van der Waals surface area contributed by atoms with Crippen LogP contribution in [-0.4, -0.2) is 28.2 Å². The Bertz CT molecular complexity index is 705. The van der Waals surface area contributed by atoms with E-state index in [1.807, 2.05) is 0 Å². The van der Waals surface area contributed by atoms with Gasteiger partial charge in [0.05, 0.1) is 0 Å². The summed E-state index contributed by atoms with van der Waals surface area (Å²) in [6.45, 7) is 0. The molecule has 0 saturated carbocycles. The largest absolute Gasteiger partial charge is 0.378 e. The first kappa shape index (κ1) is 12.8. The monoisotopic (exact) mass is 264 g/mol. The summed E-state index contributed by atoms with van der Waals surface area (Å²) < 4.78 is 0. The highest BCUT2D eigenvalue weighted by atomic mass is 15.1. The van der Waals surface area contributed by atoms with E-state index in [4.69, 9.17) is 0 Å². The third kappa shape index (κ3) is 2.18. The van der Waals surface area contributed by atoms with Crippen molar-refractivity contribution in [2.75, 3.05) is 38.0 Å². The van der Waals surface area contributed by atoms with Crippen molar-refractivity contribution in [3.63, 3.8) is 0 Å². The Morgan fingerprint density at radius 2 is 0.900 bits per heavy atom. The van der Waals surface area contributed by atoms with Crippen LogP contribution < -0.4 is 9.80 Å². The zero-order valence-electron chi connectivity index (χ0n) is 12.5. The van der Waals surface area contributed by atoms with Crippen LogP contribution in [0.4, 0.5) is 11.4 Å². The minimum absolute atomic E-state index is 1.24. The molecular weight excluding hydrogens is 244 g/mol. The lowest BCUT2D eigenvalue weighted by molar-refractivity contribution is 1.13. The Morgan fingerprint density at radius 3 is 1.25 bits per heavy atom. The molecular formula is C18H20N2. The zero-order valence-corrected chi connectivity index (χ0v) is 12.5. The number of benzene rings is 3. The molecule has 20 heavy (non-hydrogen) atoms. The summed E-state index contributed by atoms with van der Waals surface area (Å²) in [7, 11) is 8.30. The molecule has 0 N–H and O–H groups in total. The summed E-state index contributed by atoms with van der Waals surface area (Å²) in [5.74, 6) is 0. The van der Waals surface area contributed by atoms with Gasteiger partial charge < -0.3 is 9.80 Å². The topological polar surface area (TPSA) is 6.48 Å². The van der Waals surface area contributed by atoms with Crippen LogP contribution in [-0.2, 0) is 0 Å². The van der Waals surface area contributed by atoms with Crippen molar-refractivity contribution in [3.8, 4) is 0 Å². The lowest BCUT2D eigenvalue weighted by Gasteiger charge is -2.15. The Labute approximate surface area is 120 Å². The Balaban J connectivity index is 2.22. The number of anilines is 2. The summed E-state index contributed by atoms with van der Waals surface area (Å²) >= 11 is 0.